The molecule has 5 nitrogen and oxygen atoms in total. The van der Waals surface area contributed by atoms with Crippen LogP contribution in [0.2, 0.25) is 10.0 Å². The van der Waals surface area contributed by atoms with E-state index in [0.29, 0.717) is 12.6 Å². The molecule has 0 saturated carbocycles. The van der Waals surface area contributed by atoms with Gasteiger partial charge in [0, 0.05) is 30.6 Å². The third-order valence-corrected chi connectivity index (χ3v) is 3.14. The number of benzene rings is 1. The lowest BCUT2D eigenvalue weighted by Crippen LogP contribution is -2.30. The van der Waals surface area contributed by atoms with E-state index in [2.05, 4.69) is 19.2 Å². The van der Waals surface area contributed by atoms with E-state index in [9.17, 15) is 10.1 Å². The molecule has 0 fully saturated rings. The van der Waals surface area contributed by atoms with E-state index in [1.807, 2.05) is 6.92 Å². The van der Waals surface area contributed by atoms with Crippen molar-refractivity contribution in [2.24, 2.45) is 5.92 Å². The fourth-order valence-electron chi connectivity index (χ4n) is 1.51. The smallest absolute Gasteiger partial charge is 0.272 e. The molecule has 0 aliphatic rings. The summed E-state index contributed by atoms with van der Waals surface area (Å²) in [5.74, 6) is 0.551. The Kier molecular flexibility index (Phi) is 6.52. The molecule has 0 aliphatic carbocycles. The minimum Gasteiger partial charge on any atom is -0.490 e. The van der Waals surface area contributed by atoms with Gasteiger partial charge in [-0.05, 0) is 0 Å². The lowest BCUT2D eigenvalue weighted by Gasteiger charge is -2.16. The SMILES string of the molecule is CC(CNC(C)C)COc1c(Cl)cc([N+](=O)[O-])cc1Cl. The summed E-state index contributed by atoms with van der Waals surface area (Å²) < 4.78 is 5.57. The van der Waals surface area contributed by atoms with Gasteiger partial charge in [0.1, 0.15) is 0 Å². The maximum absolute atomic E-state index is 10.7. The van der Waals surface area contributed by atoms with Crippen LogP contribution in [-0.2, 0) is 0 Å². The van der Waals surface area contributed by atoms with Crippen molar-refractivity contribution in [2.45, 2.75) is 26.8 Å². The number of nitrogens with one attached hydrogen (secondary N) is 1. The first-order valence-corrected chi connectivity index (χ1v) is 7.06. The summed E-state index contributed by atoms with van der Waals surface area (Å²) in [6.45, 7) is 7.40. The van der Waals surface area contributed by atoms with Gasteiger partial charge in [0.2, 0.25) is 0 Å². The molecule has 1 aromatic carbocycles. The Bertz CT molecular complexity index is 458. The fourth-order valence-corrected chi connectivity index (χ4v) is 2.10. The topological polar surface area (TPSA) is 64.4 Å². The fraction of sp³-hybridized carbons (Fsp3) is 0.538. The van der Waals surface area contributed by atoms with Gasteiger partial charge in [0.15, 0.2) is 5.75 Å². The third-order valence-electron chi connectivity index (χ3n) is 2.58. The van der Waals surface area contributed by atoms with Gasteiger partial charge in [0.25, 0.3) is 5.69 Å². The van der Waals surface area contributed by atoms with Crippen molar-refractivity contribution in [1.82, 2.24) is 5.32 Å². The summed E-state index contributed by atoms with van der Waals surface area (Å²) in [5, 5.41) is 14.3. The normalized spacial score (nSPS) is 12.5. The van der Waals surface area contributed by atoms with Crippen LogP contribution in [-0.4, -0.2) is 24.1 Å². The molecule has 0 aliphatic heterocycles. The molecule has 1 unspecified atom stereocenters. The van der Waals surface area contributed by atoms with Crippen molar-refractivity contribution in [1.29, 1.82) is 0 Å². The maximum Gasteiger partial charge on any atom is 0.272 e. The zero-order chi connectivity index (χ0) is 15.3. The monoisotopic (exact) mass is 320 g/mol. The molecule has 0 saturated heterocycles. The number of nitrogens with zero attached hydrogens (tertiary/aromatic N) is 1. The summed E-state index contributed by atoms with van der Waals surface area (Å²) in [4.78, 5) is 10.1. The van der Waals surface area contributed by atoms with Gasteiger partial charge in [-0.1, -0.05) is 44.0 Å². The van der Waals surface area contributed by atoms with Crippen molar-refractivity contribution in [3.05, 3.63) is 32.3 Å². The van der Waals surface area contributed by atoms with Crippen LogP contribution in [0.5, 0.6) is 5.75 Å². The molecule has 0 heterocycles. The standard InChI is InChI=1S/C13H18Cl2N2O3/c1-8(2)16-6-9(3)7-20-13-11(14)4-10(17(18)19)5-12(13)15/h4-5,8-9,16H,6-7H2,1-3H3. The predicted octanol–water partition coefficient (Wildman–Crippen LogP) is 3.91. The van der Waals surface area contributed by atoms with Crippen LogP contribution in [0.4, 0.5) is 5.69 Å². The highest BCUT2D eigenvalue weighted by atomic mass is 35.5. The molecular weight excluding hydrogens is 303 g/mol. The van der Waals surface area contributed by atoms with Crippen molar-refractivity contribution < 1.29 is 9.66 Å². The van der Waals surface area contributed by atoms with E-state index in [4.69, 9.17) is 27.9 Å². The number of non-ortho nitro benzene ring substituents is 1. The summed E-state index contributed by atoms with van der Waals surface area (Å²) in [7, 11) is 0. The molecule has 0 spiro atoms. The van der Waals surface area contributed by atoms with Gasteiger partial charge in [-0.3, -0.25) is 10.1 Å². The first kappa shape index (κ1) is 17.0. The summed E-state index contributed by atoms with van der Waals surface area (Å²) in [6, 6.07) is 2.88. The Morgan fingerprint density at radius 2 is 1.85 bits per heavy atom. The van der Waals surface area contributed by atoms with Gasteiger partial charge in [-0.15, -0.1) is 0 Å². The van der Waals surface area contributed by atoms with Crippen LogP contribution < -0.4 is 10.1 Å². The van der Waals surface area contributed by atoms with Crippen molar-refractivity contribution in [2.75, 3.05) is 13.2 Å². The number of hydrogen-bond donors (Lipinski definition) is 1. The van der Waals surface area contributed by atoms with E-state index in [0.717, 1.165) is 6.54 Å². The quantitative estimate of drug-likeness (QED) is 0.611. The van der Waals surface area contributed by atoms with E-state index in [1.54, 1.807) is 0 Å². The van der Waals surface area contributed by atoms with Crippen LogP contribution in [0.3, 0.4) is 0 Å². The van der Waals surface area contributed by atoms with Gasteiger partial charge in [-0.2, -0.15) is 0 Å². The second-order valence-corrected chi connectivity index (χ2v) is 5.79. The minimum absolute atomic E-state index is 0.146. The summed E-state index contributed by atoms with van der Waals surface area (Å²) >= 11 is 11.9. The molecule has 20 heavy (non-hydrogen) atoms. The van der Waals surface area contributed by atoms with E-state index >= 15 is 0 Å². The highest BCUT2D eigenvalue weighted by Gasteiger charge is 2.16. The Morgan fingerprint density at radius 3 is 2.30 bits per heavy atom. The second-order valence-electron chi connectivity index (χ2n) is 4.97. The Labute approximate surface area is 128 Å². The summed E-state index contributed by atoms with van der Waals surface area (Å²) in [6.07, 6.45) is 0. The van der Waals surface area contributed by atoms with Crippen LogP contribution in [0.1, 0.15) is 20.8 Å². The van der Waals surface area contributed by atoms with E-state index in [-0.39, 0.29) is 27.4 Å². The number of nitro benzene ring substituents is 1. The van der Waals surface area contributed by atoms with Crippen molar-refractivity contribution >= 4 is 28.9 Å². The highest BCUT2D eigenvalue weighted by molar-refractivity contribution is 6.37. The minimum atomic E-state index is -0.545. The molecule has 1 aromatic rings. The molecular formula is C13H18Cl2N2O3. The number of hydrogen-bond acceptors (Lipinski definition) is 4. The summed E-state index contributed by atoms with van der Waals surface area (Å²) in [5.41, 5.74) is -0.151. The lowest BCUT2D eigenvalue weighted by molar-refractivity contribution is -0.384. The largest absolute Gasteiger partial charge is 0.490 e. The first-order chi connectivity index (χ1) is 9.31. The van der Waals surface area contributed by atoms with E-state index < -0.39 is 4.92 Å². The van der Waals surface area contributed by atoms with Crippen LogP contribution in [0.15, 0.2) is 12.1 Å². The van der Waals surface area contributed by atoms with Crippen LogP contribution in [0.25, 0.3) is 0 Å². The number of rotatable bonds is 7. The Morgan fingerprint density at radius 1 is 1.30 bits per heavy atom. The zero-order valence-electron chi connectivity index (χ0n) is 11.7. The van der Waals surface area contributed by atoms with Crippen LogP contribution in [0, 0.1) is 16.0 Å². The van der Waals surface area contributed by atoms with Gasteiger partial charge in [-0.25, -0.2) is 0 Å². The molecule has 0 bridgehead atoms. The number of halogens is 2. The Hall–Kier alpha value is -1.04. The average molecular weight is 321 g/mol. The molecule has 0 amide bonds. The molecule has 0 aromatic heterocycles. The molecule has 1 atom stereocenters. The van der Waals surface area contributed by atoms with Gasteiger partial charge >= 0.3 is 0 Å². The molecule has 1 rings (SSSR count). The van der Waals surface area contributed by atoms with Crippen LogP contribution >= 0.6 is 23.2 Å². The zero-order valence-corrected chi connectivity index (χ0v) is 13.2. The highest BCUT2D eigenvalue weighted by Crippen LogP contribution is 2.36. The second kappa shape index (κ2) is 7.67. The number of ether oxygens (including phenoxy) is 1. The maximum atomic E-state index is 10.7. The molecule has 112 valence electrons. The first-order valence-electron chi connectivity index (χ1n) is 6.30. The van der Waals surface area contributed by atoms with Gasteiger partial charge < -0.3 is 10.1 Å². The van der Waals surface area contributed by atoms with Crippen molar-refractivity contribution in [3.63, 3.8) is 0 Å². The molecule has 7 heteroatoms. The van der Waals surface area contributed by atoms with Crippen molar-refractivity contribution in [3.8, 4) is 5.75 Å². The molecule has 0 radical (unpaired) electrons. The predicted molar refractivity (Wildman–Crippen MR) is 80.9 cm³/mol. The molecule has 1 N–H and O–H groups in total. The van der Waals surface area contributed by atoms with Gasteiger partial charge in [0.05, 0.1) is 21.6 Å². The third kappa shape index (κ3) is 5.15. The Balaban J connectivity index is 2.66. The number of nitro groups is 1. The van der Waals surface area contributed by atoms with E-state index in [1.165, 1.54) is 12.1 Å². The lowest BCUT2D eigenvalue weighted by atomic mass is 10.2. The average Bonchev–Trinajstić information content (AvgIpc) is 2.34.